The first kappa shape index (κ1) is 18.0. The normalized spacial score (nSPS) is 11.7. The van der Waals surface area contributed by atoms with Crippen LogP contribution in [0.15, 0.2) is 52.6 Å². The molecule has 0 atom stereocenters. The van der Waals surface area contributed by atoms with Gasteiger partial charge in [-0.1, -0.05) is 23.3 Å². The van der Waals surface area contributed by atoms with Crippen LogP contribution in [0.25, 0.3) is 0 Å². The second-order valence-electron chi connectivity index (χ2n) is 4.99. The summed E-state index contributed by atoms with van der Waals surface area (Å²) in [5.74, 6) is -0.596. The highest BCUT2D eigenvalue weighted by atomic mass is 32.2. The van der Waals surface area contributed by atoms with Gasteiger partial charge in [0, 0.05) is 6.08 Å². The van der Waals surface area contributed by atoms with Crippen LogP contribution in [0.3, 0.4) is 0 Å². The van der Waals surface area contributed by atoms with Crippen LogP contribution >= 0.6 is 0 Å². The summed E-state index contributed by atoms with van der Waals surface area (Å²) < 4.78 is 31.9. The molecule has 1 N–H and O–H groups in total. The van der Waals surface area contributed by atoms with Crippen LogP contribution in [0.5, 0.6) is 0 Å². The fourth-order valence-corrected chi connectivity index (χ4v) is 2.69. The van der Waals surface area contributed by atoms with E-state index in [2.05, 4.69) is 4.72 Å². The van der Waals surface area contributed by atoms with Crippen molar-refractivity contribution in [3.05, 3.63) is 53.3 Å². The first-order valence-corrected chi connectivity index (χ1v) is 8.35. The van der Waals surface area contributed by atoms with Crippen molar-refractivity contribution >= 4 is 16.0 Å². The Bertz CT molecular complexity index is 681. The maximum absolute atomic E-state index is 12.3. The van der Waals surface area contributed by atoms with E-state index < -0.39 is 16.0 Å². The van der Waals surface area contributed by atoms with Gasteiger partial charge in [0.2, 0.25) is 0 Å². The minimum absolute atomic E-state index is 0.134. The maximum Gasteiger partial charge on any atom is 0.332 e. The number of benzene rings is 1. The first-order valence-electron chi connectivity index (χ1n) is 6.87. The average Bonchev–Trinajstić information content (AvgIpc) is 2.37. The molecular weight excluding hydrogens is 302 g/mol. The van der Waals surface area contributed by atoms with E-state index in [-0.39, 0.29) is 17.2 Å². The summed E-state index contributed by atoms with van der Waals surface area (Å²) in [5.41, 5.74) is 1.98. The van der Waals surface area contributed by atoms with Crippen LogP contribution in [-0.2, 0) is 19.6 Å². The number of nitrogens with one attached hydrogen (secondary N) is 1. The van der Waals surface area contributed by atoms with E-state index in [1.165, 1.54) is 12.1 Å². The zero-order valence-corrected chi connectivity index (χ0v) is 14.0. The number of allylic oxidation sites excluding steroid dienone is 2. The predicted molar refractivity (Wildman–Crippen MR) is 85.6 cm³/mol. The summed E-state index contributed by atoms with van der Waals surface area (Å²) in [6.07, 6.45) is 2.70. The number of esters is 1. The highest BCUT2D eigenvalue weighted by Crippen LogP contribution is 2.12. The van der Waals surface area contributed by atoms with E-state index in [9.17, 15) is 13.2 Å². The Morgan fingerprint density at radius 2 is 1.77 bits per heavy atom. The molecule has 5 nitrogen and oxygen atoms in total. The minimum Gasteiger partial charge on any atom is -0.463 e. The molecule has 0 heterocycles. The molecule has 22 heavy (non-hydrogen) atoms. The van der Waals surface area contributed by atoms with Crippen molar-refractivity contribution in [1.29, 1.82) is 0 Å². The molecule has 0 bridgehead atoms. The Hall–Kier alpha value is -2.08. The zero-order chi connectivity index (χ0) is 16.8. The van der Waals surface area contributed by atoms with Gasteiger partial charge in [0.05, 0.1) is 17.2 Å². The lowest BCUT2D eigenvalue weighted by atomic mass is 10.2. The molecule has 0 saturated heterocycles. The van der Waals surface area contributed by atoms with E-state index in [1.54, 1.807) is 39.0 Å². The molecule has 0 aliphatic rings. The maximum atomic E-state index is 12.3. The molecule has 0 amide bonds. The number of hydrogen-bond acceptors (Lipinski definition) is 4. The fourth-order valence-electron chi connectivity index (χ4n) is 1.65. The smallest absolute Gasteiger partial charge is 0.332 e. The van der Waals surface area contributed by atoms with Crippen molar-refractivity contribution in [2.75, 3.05) is 6.61 Å². The minimum atomic E-state index is -3.75. The summed E-state index contributed by atoms with van der Waals surface area (Å²) >= 11 is 0. The van der Waals surface area contributed by atoms with Gasteiger partial charge in [-0.05, 0) is 45.9 Å². The molecule has 1 aromatic carbocycles. The third-order valence-corrected chi connectivity index (χ3v) is 3.98. The molecule has 0 aliphatic heterocycles. The number of ether oxygens (including phenoxy) is 1. The van der Waals surface area contributed by atoms with Crippen LogP contribution < -0.4 is 4.72 Å². The van der Waals surface area contributed by atoms with E-state index in [0.717, 1.165) is 17.2 Å². The highest BCUT2D eigenvalue weighted by Gasteiger charge is 2.15. The molecule has 120 valence electrons. The second kappa shape index (κ2) is 7.79. The molecular formula is C16H21NO4S. The largest absolute Gasteiger partial charge is 0.463 e. The lowest BCUT2D eigenvalue weighted by Gasteiger charge is -2.10. The molecule has 0 saturated carbocycles. The molecule has 0 unspecified atom stereocenters. The number of carbonyl (C=O) groups is 1. The summed E-state index contributed by atoms with van der Waals surface area (Å²) in [4.78, 5) is 11.7. The van der Waals surface area contributed by atoms with Crippen molar-refractivity contribution in [3.8, 4) is 0 Å². The van der Waals surface area contributed by atoms with Gasteiger partial charge in [0.15, 0.2) is 0 Å². The molecule has 0 aliphatic carbocycles. The van der Waals surface area contributed by atoms with Gasteiger partial charge >= 0.3 is 5.97 Å². The van der Waals surface area contributed by atoms with Crippen molar-refractivity contribution in [2.45, 2.75) is 32.6 Å². The molecule has 0 fully saturated rings. The third-order valence-electron chi connectivity index (χ3n) is 2.59. The fraction of sp³-hybridized carbons (Fsp3) is 0.312. The third kappa shape index (κ3) is 5.73. The lowest BCUT2D eigenvalue weighted by molar-refractivity contribution is -0.137. The van der Waals surface area contributed by atoms with Crippen molar-refractivity contribution < 1.29 is 17.9 Å². The van der Waals surface area contributed by atoms with E-state index in [4.69, 9.17) is 4.74 Å². The lowest BCUT2D eigenvalue weighted by Crippen LogP contribution is -2.23. The van der Waals surface area contributed by atoms with E-state index >= 15 is 0 Å². The number of aryl methyl sites for hydroxylation is 1. The quantitative estimate of drug-likeness (QED) is 0.496. The standard InChI is InChI=1S/C16H21NO4S/c1-5-21-16(18)11-14(10-12(2)3)17-22(19,20)15-8-6-13(4)7-9-15/h6-11,17H,5H2,1-4H3/b14-11-. The van der Waals surface area contributed by atoms with Crippen LogP contribution in [0.4, 0.5) is 0 Å². The Labute approximate surface area is 131 Å². The van der Waals surface area contributed by atoms with Crippen LogP contribution in [0.1, 0.15) is 26.3 Å². The van der Waals surface area contributed by atoms with Gasteiger partial charge in [-0.3, -0.25) is 4.72 Å². The van der Waals surface area contributed by atoms with Gasteiger partial charge < -0.3 is 4.74 Å². The number of rotatable bonds is 6. The zero-order valence-electron chi connectivity index (χ0n) is 13.2. The molecule has 0 spiro atoms. The first-order chi connectivity index (χ1) is 10.2. The molecule has 0 aromatic heterocycles. The molecule has 0 radical (unpaired) electrons. The van der Waals surface area contributed by atoms with E-state index in [0.29, 0.717) is 0 Å². The highest BCUT2D eigenvalue weighted by molar-refractivity contribution is 7.89. The van der Waals surface area contributed by atoms with Gasteiger partial charge in [0.1, 0.15) is 0 Å². The summed E-state index contributed by atoms with van der Waals surface area (Å²) in [5, 5.41) is 0. The Morgan fingerprint density at radius 3 is 2.27 bits per heavy atom. The molecule has 1 rings (SSSR count). The van der Waals surface area contributed by atoms with Crippen molar-refractivity contribution in [1.82, 2.24) is 4.72 Å². The molecule has 6 heteroatoms. The van der Waals surface area contributed by atoms with Gasteiger partial charge in [0.25, 0.3) is 10.0 Å². The van der Waals surface area contributed by atoms with Gasteiger partial charge in [-0.2, -0.15) is 0 Å². The van der Waals surface area contributed by atoms with E-state index in [1.807, 2.05) is 6.92 Å². The average molecular weight is 323 g/mol. The monoisotopic (exact) mass is 323 g/mol. The van der Waals surface area contributed by atoms with Crippen LogP contribution in [0.2, 0.25) is 0 Å². The second-order valence-corrected chi connectivity index (χ2v) is 6.67. The van der Waals surface area contributed by atoms with Gasteiger partial charge in [-0.15, -0.1) is 0 Å². The Morgan fingerprint density at radius 1 is 1.18 bits per heavy atom. The number of carbonyl (C=O) groups excluding carboxylic acids is 1. The predicted octanol–water partition coefficient (Wildman–Crippen LogP) is 2.69. The Kier molecular flexibility index (Phi) is 6.37. The molecule has 1 aromatic rings. The SMILES string of the molecule is CCOC(=O)/C=C(/C=C(C)C)NS(=O)(=O)c1ccc(C)cc1. The number of sulfonamides is 1. The van der Waals surface area contributed by atoms with Crippen molar-refractivity contribution in [2.24, 2.45) is 0 Å². The number of hydrogen-bond donors (Lipinski definition) is 1. The van der Waals surface area contributed by atoms with Crippen LogP contribution in [0, 0.1) is 6.92 Å². The van der Waals surface area contributed by atoms with Gasteiger partial charge in [-0.25, -0.2) is 13.2 Å². The summed E-state index contributed by atoms with van der Waals surface area (Å²) in [7, 11) is -3.75. The topological polar surface area (TPSA) is 72.5 Å². The Balaban J connectivity index is 3.10. The summed E-state index contributed by atoms with van der Waals surface area (Å²) in [6, 6.07) is 6.46. The van der Waals surface area contributed by atoms with Crippen molar-refractivity contribution in [3.63, 3.8) is 0 Å². The summed E-state index contributed by atoms with van der Waals surface area (Å²) in [6.45, 7) is 7.39. The van der Waals surface area contributed by atoms with Crippen LogP contribution in [-0.4, -0.2) is 21.0 Å².